The molecule has 7 heteroatoms. The number of likely N-dealkylation sites (N-methyl/N-ethyl adjacent to an activating group) is 1. The number of amides is 2. The van der Waals surface area contributed by atoms with E-state index in [9.17, 15) is 9.59 Å². The van der Waals surface area contributed by atoms with Gasteiger partial charge in [-0.2, -0.15) is 0 Å². The molecule has 0 saturated heterocycles. The lowest BCUT2D eigenvalue weighted by Gasteiger charge is -2.11. The van der Waals surface area contributed by atoms with Crippen molar-refractivity contribution in [3.05, 3.63) is 64.3 Å². The Labute approximate surface area is 155 Å². The Morgan fingerprint density at radius 3 is 2.69 bits per heavy atom. The maximum atomic E-state index is 12.5. The van der Waals surface area contributed by atoms with E-state index in [-0.39, 0.29) is 18.1 Å². The molecule has 3 rings (SSSR count). The highest BCUT2D eigenvalue weighted by Crippen LogP contribution is 2.33. The highest BCUT2D eigenvalue weighted by molar-refractivity contribution is 6.34. The molecule has 0 unspecified atom stereocenters. The number of carbonyl (C=O) groups excluding carboxylic acids is 2. The van der Waals surface area contributed by atoms with Gasteiger partial charge in [0.1, 0.15) is 5.70 Å². The Kier molecular flexibility index (Phi) is 5.43. The van der Waals surface area contributed by atoms with E-state index in [0.717, 1.165) is 0 Å². The Hall–Kier alpha value is -2.99. The molecule has 0 aliphatic carbocycles. The zero-order valence-electron chi connectivity index (χ0n) is 14.0. The maximum absolute atomic E-state index is 12.5. The number of ether oxygens (including phenoxy) is 2. The monoisotopic (exact) mass is 372 g/mol. The molecule has 0 spiro atoms. The minimum atomic E-state index is -0.464. The highest BCUT2D eigenvalue weighted by atomic mass is 35.5. The molecule has 0 aromatic heterocycles. The van der Waals surface area contributed by atoms with Crippen LogP contribution in [0.25, 0.3) is 6.08 Å². The summed E-state index contributed by atoms with van der Waals surface area (Å²) in [5.74, 6) is 0.368. The SMILES string of the molecule is CCNC(=O)/C(=C\c1ccc2c(c1)OCO2)NC(=O)c1ccccc1Cl. The summed E-state index contributed by atoms with van der Waals surface area (Å²) < 4.78 is 10.6. The fraction of sp³-hybridized carbons (Fsp3) is 0.158. The second-order valence-corrected chi connectivity index (χ2v) is 5.87. The molecule has 0 fully saturated rings. The first-order valence-electron chi connectivity index (χ1n) is 8.04. The molecule has 1 heterocycles. The fourth-order valence-corrected chi connectivity index (χ4v) is 2.64. The van der Waals surface area contributed by atoms with Crippen LogP contribution in [0.2, 0.25) is 5.02 Å². The normalized spacial score (nSPS) is 12.6. The Morgan fingerprint density at radius 2 is 1.92 bits per heavy atom. The number of hydrogen-bond acceptors (Lipinski definition) is 4. The quantitative estimate of drug-likeness (QED) is 0.791. The first-order valence-corrected chi connectivity index (χ1v) is 8.41. The van der Waals surface area contributed by atoms with E-state index in [1.807, 2.05) is 0 Å². The molecule has 2 N–H and O–H groups in total. The van der Waals surface area contributed by atoms with Crippen LogP contribution in [0.4, 0.5) is 0 Å². The molecule has 0 radical (unpaired) electrons. The molecule has 0 atom stereocenters. The van der Waals surface area contributed by atoms with Gasteiger partial charge < -0.3 is 20.1 Å². The number of benzene rings is 2. The Bertz CT molecular complexity index is 880. The Balaban J connectivity index is 1.89. The van der Waals surface area contributed by atoms with Gasteiger partial charge in [0.25, 0.3) is 11.8 Å². The summed E-state index contributed by atoms with van der Waals surface area (Å²) in [6.45, 7) is 2.39. The van der Waals surface area contributed by atoms with Crippen molar-refractivity contribution in [2.45, 2.75) is 6.92 Å². The number of rotatable bonds is 5. The van der Waals surface area contributed by atoms with Crippen molar-refractivity contribution in [3.8, 4) is 11.5 Å². The van der Waals surface area contributed by atoms with E-state index in [4.69, 9.17) is 21.1 Å². The number of halogens is 1. The van der Waals surface area contributed by atoms with E-state index in [1.165, 1.54) is 0 Å². The van der Waals surface area contributed by atoms with Gasteiger partial charge in [-0.3, -0.25) is 9.59 Å². The predicted octanol–water partition coefficient (Wildman–Crippen LogP) is 2.98. The lowest BCUT2D eigenvalue weighted by Crippen LogP contribution is -2.34. The van der Waals surface area contributed by atoms with E-state index in [1.54, 1.807) is 55.5 Å². The Morgan fingerprint density at radius 1 is 1.15 bits per heavy atom. The van der Waals surface area contributed by atoms with Crippen LogP contribution in [-0.4, -0.2) is 25.2 Å². The van der Waals surface area contributed by atoms with Gasteiger partial charge in [-0.1, -0.05) is 29.8 Å². The third-order valence-electron chi connectivity index (χ3n) is 3.66. The van der Waals surface area contributed by atoms with Gasteiger partial charge in [-0.15, -0.1) is 0 Å². The van der Waals surface area contributed by atoms with E-state index < -0.39 is 11.8 Å². The summed E-state index contributed by atoms with van der Waals surface area (Å²) in [5, 5.41) is 5.62. The van der Waals surface area contributed by atoms with Crippen LogP contribution < -0.4 is 20.1 Å². The molecule has 134 valence electrons. The molecule has 0 saturated carbocycles. The summed E-state index contributed by atoms with van der Waals surface area (Å²) in [4.78, 5) is 24.9. The summed E-state index contributed by atoms with van der Waals surface area (Å²) in [7, 11) is 0. The number of nitrogens with one attached hydrogen (secondary N) is 2. The molecule has 2 aromatic rings. The molecule has 6 nitrogen and oxygen atoms in total. The zero-order valence-corrected chi connectivity index (χ0v) is 14.8. The van der Waals surface area contributed by atoms with Crippen molar-refractivity contribution in [2.24, 2.45) is 0 Å². The van der Waals surface area contributed by atoms with Gasteiger partial charge in [-0.05, 0) is 42.8 Å². The zero-order chi connectivity index (χ0) is 18.5. The van der Waals surface area contributed by atoms with Crippen LogP contribution in [0.3, 0.4) is 0 Å². The third kappa shape index (κ3) is 3.97. The first kappa shape index (κ1) is 17.8. The standard InChI is InChI=1S/C19H17ClN2O4/c1-2-21-19(24)15(22-18(23)13-5-3-4-6-14(13)20)9-12-7-8-16-17(10-12)26-11-25-16/h3-10H,2,11H2,1H3,(H,21,24)(H,22,23)/b15-9+. The molecule has 2 aromatic carbocycles. The van der Waals surface area contributed by atoms with E-state index in [0.29, 0.717) is 28.6 Å². The molecule has 1 aliphatic rings. The second-order valence-electron chi connectivity index (χ2n) is 5.46. The van der Waals surface area contributed by atoms with Crippen molar-refractivity contribution in [2.75, 3.05) is 13.3 Å². The average Bonchev–Trinajstić information content (AvgIpc) is 3.09. The summed E-state index contributed by atoms with van der Waals surface area (Å²) in [6.07, 6.45) is 1.57. The van der Waals surface area contributed by atoms with Crippen LogP contribution in [0, 0.1) is 0 Å². The number of carbonyl (C=O) groups is 2. The average molecular weight is 373 g/mol. The maximum Gasteiger partial charge on any atom is 0.267 e. The van der Waals surface area contributed by atoms with Gasteiger partial charge in [0.2, 0.25) is 6.79 Å². The van der Waals surface area contributed by atoms with Crippen molar-refractivity contribution in [3.63, 3.8) is 0 Å². The summed E-state index contributed by atoms with van der Waals surface area (Å²) in [5.41, 5.74) is 1.08. The molecule has 1 aliphatic heterocycles. The van der Waals surface area contributed by atoms with E-state index >= 15 is 0 Å². The van der Waals surface area contributed by atoms with E-state index in [2.05, 4.69) is 10.6 Å². The molecule has 26 heavy (non-hydrogen) atoms. The van der Waals surface area contributed by atoms with Crippen molar-refractivity contribution >= 4 is 29.5 Å². The van der Waals surface area contributed by atoms with Crippen LogP contribution in [0.15, 0.2) is 48.2 Å². The molecular formula is C19H17ClN2O4. The van der Waals surface area contributed by atoms with Crippen LogP contribution in [-0.2, 0) is 4.79 Å². The van der Waals surface area contributed by atoms with Crippen molar-refractivity contribution < 1.29 is 19.1 Å². The highest BCUT2D eigenvalue weighted by Gasteiger charge is 2.17. The molecular weight excluding hydrogens is 356 g/mol. The predicted molar refractivity (Wildman–Crippen MR) is 98.1 cm³/mol. The topological polar surface area (TPSA) is 76.7 Å². The van der Waals surface area contributed by atoms with Crippen LogP contribution >= 0.6 is 11.6 Å². The fourth-order valence-electron chi connectivity index (χ4n) is 2.42. The van der Waals surface area contributed by atoms with Gasteiger partial charge in [0.05, 0.1) is 10.6 Å². The number of hydrogen-bond donors (Lipinski definition) is 2. The minimum Gasteiger partial charge on any atom is -0.454 e. The largest absolute Gasteiger partial charge is 0.454 e. The second kappa shape index (κ2) is 7.93. The smallest absolute Gasteiger partial charge is 0.267 e. The van der Waals surface area contributed by atoms with Crippen LogP contribution in [0.5, 0.6) is 11.5 Å². The minimum absolute atomic E-state index is 0.107. The van der Waals surface area contributed by atoms with Gasteiger partial charge >= 0.3 is 0 Å². The van der Waals surface area contributed by atoms with Crippen molar-refractivity contribution in [1.29, 1.82) is 0 Å². The molecule has 0 bridgehead atoms. The third-order valence-corrected chi connectivity index (χ3v) is 3.99. The van der Waals surface area contributed by atoms with Gasteiger partial charge in [0, 0.05) is 6.54 Å². The molecule has 2 amide bonds. The summed E-state index contributed by atoms with van der Waals surface area (Å²) in [6, 6.07) is 11.9. The first-order chi connectivity index (χ1) is 12.6. The van der Waals surface area contributed by atoms with Crippen LogP contribution in [0.1, 0.15) is 22.8 Å². The summed E-state index contributed by atoms with van der Waals surface area (Å²) >= 11 is 6.06. The van der Waals surface area contributed by atoms with Gasteiger partial charge in [0.15, 0.2) is 11.5 Å². The number of fused-ring (bicyclic) bond motifs is 1. The van der Waals surface area contributed by atoms with Crippen molar-refractivity contribution in [1.82, 2.24) is 10.6 Å². The lowest BCUT2D eigenvalue weighted by molar-refractivity contribution is -0.117. The van der Waals surface area contributed by atoms with Gasteiger partial charge in [-0.25, -0.2) is 0 Å². The lowest BCUT2D eigenvalue weighted by atomic mass is 10.1.